The Bertz CT molecular complexity index is 1160. The highest BCUT2D eigenvalue weighted by molar-refractivity contribution is 5.96. The zero-order chi connectivity index (χ0) is 19.1. The third kappa shape index (κ3) is 2.83. The summed E-state index contributed by atoms with van der Waals surface area (Å²) in [5.74, 6) is 0. The van der Waals surface area contributed by atoms with E-state index in [1.807, 2.05) is 17.8 Å². The maximum atomic E-state index is 12.7. The summed E-state index contributed by atoms with van der Waals surface area (Å²) in [5, 5.41) is 9.24. The number of H-pyrrole nitrogens is 1. The average Bonchev–Trinajstić information content (AvgIpc) is 3.00. The summed E-state index contributed by atoms with van der Waals surface area (Å²) in [6, 6.07) is 8.55. The SMILES string of the molecule is CNCc1ccc(Cn2nc(C3=CC=C3)c3c4c(c(=O)[nH]c32)CCCC4)cc1. The molecule has 5 rings (SSSR count). The molecule has 0 fully saturated rings. The number of allylic oxidation sites excluding steroid dienone is 4. The van der Waals surface area contributed by atoms with E-state index in [9.17, 15) is 4.79 Å². The third-order valence-electron chi connectivity index (χ3n) is 5.79. The minimum Gasteiger partial charge on any atom is -0.316 e. The molecule has 2 aliphatic rings. The van der Waals surface area contributed by atoms with Crippen molar-refractivity contribution in [2.45, 2.75) is 38.8 Å². The van der Waals surface area contributed by atoms with E-state index in [1.165, 1.54) is 16.7 Å². The molecule has 1 aromatic carbocycles. The van der Waals surface area contributed by atoms with Crippen molar-refractivity contribution >= 4 is 16.6 Å². The second-order valence-electron chi connectivity index (χ2n) is 7.68. The topological polar surface area (TPSA) is 62.7 Å². The lowest BCUT2D eigenvalue weighted by Gasteiger charge is -2.16. The molecule has 5 nitrogen and oxygen atoms in total. The third-order valence-corrected chi connectivity index (χ3v) is 5.79. The van der Waals surface area contributed by atoms with Crippen LogP contribution in [0.5, 0.6) is 0 Å². The van der Waals surface area contributed by atoms with Crippen LogP contribution in [0.1, 0.15) is 40.8 Å². The molecule has 2 aromatic heterocycles. The van der Waals surface area contributed by atoms with Gasteiger partial charge >= 0.3 is 0 Å². The van der Waals surface area contributed by atoms with Gasteiger partial charge in [0.2, 0.25) is 0 Å². The maximum Gasteiger partial charge on any atom is 0.253 e. The predicted molar refractivity (Wildman–Crippen MR) is 112 cm³/mol. The molecule has 0 saturated carbocycles. The first-order valence-electron chi connectivity index (χ1n) is 10.0. The number of hydrogen-bond acceptors (Lipinski definition) is 3. The fraction of sp³-hybridized carbons (Fsp3) is 0.304. The molecule has 28 heavy (non-hydrogen) atoms. The highest BCUT2D eigenvalue weighted by atomic mass is 16.1. The second kappa shape index (κ2) is 6.91. The summed E-state index contributed by atoms with van der Waals surface area (Å²) in [7, 11) is 1.95. The summed E-state index contributed by atoms with van der Waals surface area (Å²) in [5.41, 5.74) is 7.64. The normalized spacial score (nSPS) is 15.4. The second-order valence-corrected chi connectivity index (χ2v) is 7.68. The van der Waals surface area contributed by atoms with E-state index in [1.54, 1.807) is 0 Å². The monoisotopic (exact) mass is 372 g/mol. The smallest absolute Gasteiger partial charge is 0.253 e. The molecule has 0 spiro atoms. The van der Waals surface area contributed by atoms with E-state index in [4.69, 9.17) is 5.10 Å². The zero-order valence-electron chi connectivity index (χ0n) is 16.1. The van der Waals surface area contributed by atoms with Gasteiger partial charge in [0.1, 0.15) is 11.3 Å². The van der Waals surface area contributed by atoms with Crippen molar-refractivity contribution in [3.8, 4) is 0 Å². The molecule has 142 valence electrons. The molecule has 5 heteroatoms. The van der Waals surface area contributed by atoms with E-state index in [0.717, 1.165) is 60.1 Å². The van der Waals surface area contributed by atoms with Gasteiger partial charge in [0.25, 0.3) is 5.56 Å². The van der Waals surface area contributed by atoms with Crippen LogP contribution in [-0.2, 0) is 25.9 Å². The van der Waals surface area contributed by atoms with Gasteiger partial charge in [0.05, 0.1) is 6.54 Å². The summed E-state index contributed by atoms with van der Waals surface area (Å²) in [6.45, 7) is 1.50. The van der Waals surface area contributed by atoms with E-state index < -0.39 is 0 Å². The highest BCUT2D eigenvalue weighted by Gasteiger charge is 2.24. The van der Waals surface area contributed by atoms with Crippen molar-refractivity contribution in [2.75, 3.05) is 7.05 Å². The van der Waals surface area contributed by atoms with E-state index >= 15 is 0 Å². The Balaban J connectivity index is 1.63. The van der Waals surface area contributed by atoms with Crippen molar-refractivity contribution in [2.24, 2.45) is 0 Å². The fourth-order valence-electron chi connectivity index (χ4n) is 4.30. The lowest BCUT2D eigenvalue weighted by atomic mass is 9.89. The van der Waals surface area contributed by atoms with Crippen molar-refractivity contribution < 1.29 is 0 Å². The number of pyridine rings is 1. The van der Waals surface area contributed by atoms with Crippen LogP contribution < -0.4 is 10.9 Å². The first kappa shape index (κ1) is 17.2. The quantitative estimate of drug-likeness (QED) is 0.722. The minimum absolute atomic E-state index is 0.0531. The average molecular weight is 372 g/mol. The first-order chi connectivity index (χ1) is 13.7. The van der Waals surface area contributed by atoms with Crippen LogP contribution in [0.2, 0.25) is 0 Å². The van der Waals surface area contributed by atoms with E-state index in [-0.39, 0.29) is 5.56 Å². The molecule has 3 aromatic rings. The summed E-state index contributed by atoms with van der Waals surface area (Å²) >= 11 is 0. The van der Waals surface area contributed by atoms with Crippen LogP contribution in [0.25, 0.3) is 16.6 Å². The van der Waals surface area contributed by atoms with Gasteiger partial charge in [0, 0.05) is 23.1 Å². The van der Waals surface area contributed by atoms with Gasteiger partial charge in [-0.05, 0) is 49.4 Å². The Hall–Kier alpha value is -2.92. The zero-order valence-corrected chi connectivity index (χ0v) is 16.1. The molecular weight excluding hydrogens is 348 g/mol. The molecule has 0 saturated heterocycles. The summed E-state index contributed by atoms with van der Waals surface area (Å²) in [4.78, 5) is 15.9. The highest BCUT2D eigenvalue weighted by Crippen LogP contribution is 2.33. The molecule has 0 bridgehead atoms. The fourth-order valence-corrected chi connectivity index (χ4v) is 4.30. The van der Waals surface area contributed by atoms with Crippen LogP contribution in [-0.4, -0.2) is 21.8 Å². The Morgan fingerprint density at radius 2 is 1.82 bits per heavy atom. The number of hydrogen-bond donors (Lipinski definition) is 2. The molecular formula is C23H24N4O. The minimum atomic E-state index is 0.0531. The van der Waals surface area contributed by atoms with Crippen molar-refractivity contribution in [1.82, 2.24) is 20.1 Å². The maximum absolute atomic E-state index is 12.7. The van der Waals surface area contributed by atoms with Gasteiger partial charge in [-0.3, -0.25) is 4.79 Å². The largest absolute Gasteiger partial charge is 0.316 e. The lowest BCUT2D eigenvalue weighted by Crippen LogP contribution is -2.20. The molecule has 0 unspecified atom stereocenters. The molecule has 2 aliphatic carbocycles. The number of nitrogens with one attached hydrogen (secondary N) is 2. The molecule has 0 amide bonds. The predicted octanol–water partition coefficient (Wildman–Crippen LogP) is 3.32. The molecule has 0 atom stereocenters. The number of aryl methyl sites for hydroxylation is 1. The van der Waals surface area contributed by atoms with Gasteiger partial charge in [0.15, 0.2) is 0 Å². The van der Waals surface area contributed by atoms with Crippen molar-refractivity contribution in [1.29, 1.82) is 0 Å². The van der Waals surface area contributed by atoms with Gasteiger partial charge in [-0.1, -0.05) is 42.5 Å². The lowest BCUT2D eigenvalue weighted by molar-refractivity contribution is 0.678. The van der Waals surface area contributed by atoms with Gasteiger partial charge < -0.3 is 10.3 Å². The molecule has 0 aliphatic heterocycles. The standard InChI is InChI=1S/C23H24N4O/c1-24-13-15-9-11-16(12-10-15)14-27-22-20(21(26-27)17-5-4-6-17)18-7-2-3-8-19(18)23(28)25-22/h4-6,9-12,24H,2-3,7-8,13-14H2,1H3,(H,25,28). The van der Waals surface area contributed by atoms with Crippen LogP contribution in [0.3, 0.4) is 0 Å². The number of fused-ring (bicyclic) bond motifs is 3. The van der Waals surface area contributed by atoms with Gasteiger partial charge in [-0.2, -0.15) is 5.10 Å². The van der Waals surface area contributed by atoms with Gasteiger partial charge in [-0.15, -0.1) is 0 Å². The Labute approximate surface area is 163 Å². The Morgan fingerprint density at radius 3 is 2.50 bits per heavy atom. The molecule has 2 heterocycles. The van der Waals surface area contributed by atoms with Gasteiger partial charge in [-0.25, -0.2) is 4.68 Å². The van der Waals surface area contributed by atoms with Crippen LogP contribution in [0.15, 0.2) is 47.3 Å². The van der Waals surface area contributed by atoms with Crippen molar-refractivity contribution in [3.63, 3.8) is 0 Å². The summed E-state index contributed by atoms with van der Waals surface area (Å²) in [6.07, 6.45) is 10.3. The Morgan fingerprint density at radius 1 is 1.11 bits per heavy atom. The van der Waals surface area contributed by atoms with E-state index in [2.05, 4.69) is 46.7 Å². The van der Waals surface area contributed by atoms with Crippen LogP contribution in [0.4, 0.5) is 0 Å². The number of nitrogens with zero attached hydrogens (tertiary/aromatic N) is 2. The van der Waals surface area contributed by atoms with Crippen LogP contribution >= 0.6 is 0 Å². The van der Waals surface area contributed by atoms with Crippen LogP contribution in [0, 0.1) is 0 Å². The summed E-state index contributed by atoms with van der Waals surface area (Å²) < 4.78 is 1.96. The number of benzene rings is 1. The first-order valence-corrected chi connectivity index (χ1v) is 10.0. The molecule has 0 radical (unpaired) electrons. The molecule has 2 N–H and O–H groups in total. The number of aromatic amines is 1. The van der Waals surface area contributed by atoms with Crippen molar-refractivity contribution in [3.05, 3.63) is 80.8 Å². The van der Waals surface area contributed by atoms with E-state index in [0.29, 0.717) is 6.54 Å². The number of aromatic nitrogens is 3. The number of rotatable bonds is 5. The Kier molecular flexibility index (Phi) is 4.24.